The van der Waals surface area contributed by atoms with Crippen LogP contribution in [0, 0.1) is 17.5 Å². The number of halogens is 3. The number of carbonyl (C=O) groups is 2. The standard InChI is InChI=1S/C20H26F3N5O6/c1-8(30)26-16-12(27-20(24)25)5-14(34-18(16)17(32)13(31)7-29)19(33)28(2)6-9-10(21)3-4-11(22)15(9)23/h3-5,12-13,16-18,29,31-32H,6-7H2,1-2H3,(H,26,30)(H4,24,25,27)/t12-,13+,16+,17+,18+/m0/s1. The maximum Gasteiger partial charge on any atom is 0.288 e. The number of nitrogens with zero attached hydrogens (tertiary/aromatic N) is 2. The summed E-state index contributed by atoms with van der Waals surface area (Å²) in [6.45, 7) is -0.423. The molecule has 0 spiro atoms. The van der Waals surface area contributed by atoms with Crippen molar-refractivity contribution in [2.75, 3.05) is 13.7 Å². The van der Waals surface area contributed by atoms with Crippen LogP contribution in [-0.4, -0.2) is 82.0 Å². The SMILES string of the molecule is CC(=O)N[C@H]1[C@H]([C@H](O)[C@H](O)CO)OC(C(=O)N(C)Cc2c(F)ccc(F)c2F)=C[C@@H]1N=C(N)N. The second-order valence-corrected chi connectivity index (χ2v) is 7.61. The predicted molar refractivity (Wildman–Crippen MR) is 112 cm³/mol. The minimum atomic E-state index is -1.82. The molecule has 0 radical (unpaired) electrons. The van der Waals surface area contributed by atoms with Crippen LogP contribution in [0.5, 0.6) is 0 Å². The first-order valence-corrected chi connectivity index (χ1v) is 9.96. The molecule has 1 aliphatic rings. The normalized spacial score (nSPS) is 21.5. The molecule has 1 heterocycles. The Hall–Kier alpha value is -3.36. The summed E-state index contributed by atoms with van der Waals surface area (Å²) in [6.07, 6.45) is -3.98. The van der Waals surface area contributed by atoms with Crippen LogP contribution in [0.15, 0.2) is 29.0 Å². The van der Waals surface area contributed by atoms with Crippen LogP contribution in [0.1, 0.15) is 12.5 Å². The molecule has 0 saturated carbocycles. The molecule has 0 aliphatic carbocycles. The molecule has 0 bridgehead atoms. The van der Waals surface area contributed by atoms with Gasteiger partial charge in [-0.15, -0.1) is 0 Å². The van der Waals surface area contributed by atoms with Gasteiger partial charge in [0.15, 0.2) is 23.4 Å². The van der Waals surface area contributed by atoms with E-state index in [1.807, 2.05) is 0 Å². The van der Waals surface area contributed by atoms with E-state index in [1.54, 1.807) is 0 Å². The Morgan fingerprint density at radius 1 is 1.24 bits per heavy atom. The lowest BCUT2D eigenvalue weighted by molar-refractivity contribution is -0.140. The van der Waals surface area contributed by atoms with E-state index in [4.69, 9.17) is 16.2 Å². The van der Waals surface area contributed by atoms with Gasteiger partial charge in [-0.25, -0.2) is 18.2 Å². The Morgan fingerprint density at radius 3 is 2.41 bits per heavy atom. The smallest absolute Gasteiger partial charge is 0.288 e. The zero-order valence-electron chi connectivity index (χ0n) is 18.3. The molecule has 188 valence electrons. The van der Waals surface area contributed by atoms with Gasteiger partial charge < -0.3 is 41.7 Å². The van der Waals surface area contributed by atoms with Gasteiger partial charge in [0, 0.05) is 19.5 Å². The minimum Gasteiger partial charge on any atom is -0.480 e. The molecule has 11 nitrogen and oxygen atoms in total. The number of hydrogen-bond donors (Lipinski definition) is 6. The molecule has 1 aliphatic heterocycles. The van der Waals surface area contributed by atoms with Gasteiger partial charge in [-0.1, -0.05) is 0 Å². The third-order valence-electron chi connectivity index (χ3n) is 4.98. The van der Waals surface area contributed by atoms with Gasteiger partial charge in [0.25, 0.3) is 5.91 Å². The van der Waals surface area contributed by atoms with E-state index in [1.165, 1.54) is 0 Å². The minimum absolute atomic E-state index is 0.446. The lowest BCUT2D eigenvalue weighted by Crippen LogP contribution is -2.60. The Morgan fingerprint density at radius 2 is 1.85 bits per heavy atom. The quantitative estimate of drug-likeness (QED) is 0.140. The van der Waals surface area contributed by atoms with E-state index >= 15 is 0 Å². The number of guanidine groups is 1. The summed E-state index contributed by atoms with van der Waals surface area (Å²) < 4.78 is 47.1. The highest BCUT2D eigenvalue weighted by molar-refractivity contribution is 5.92. The molecule has 1 aromatic rings. The summed E-state index contributed by atoms with van der Waals surface area (Å²) in [5.41, 5.74) is 10.2. The molecule has 14 heteroatoms. The van der Waals surface area contributed by atoms with E-state index in [9.17, 15) is 38.1 Å². The summed E-state index contributed by atoms with van der Waals surface area (Å²) in [7, 11) is 1.15. The number of rotatable bonds is 8. The number of benzene rings is 1. The highest BCUT2D eigenvalue weighted by atomic mass is 19.2. The predicted octanol–water partition coefficient (Wildman–Crippen LogP) is -1.79. The number of likely N-dealkylation sites (N-methyl/N-ethyl adjacent to an activating group) is 1. The van der Waals surface area contributed by atoms with Crippen molar-refractivity contribution in [2.24, 2.45) is 16.5 Å². The fraction of sp³-hybridized carbons (Fsp3) is 0.450. The second kappa shape index (κ2) is 11.2. The van der Waals surface area contributed by atoms with Crippen LogP contribution in [0.2, 0.25) is 0 Å². The van der Waals surface area contributed by atoms with E-state index in [0.29, 0.717) is 12.1 Å². The number of carbonyl (C=O) groups excluding carboxylic acids is 2. The van der Waals surface area contributed by atoms with Crippen LogP contribution in [0.4, 0.5) is 13.2 Å². The summed E-state index contributed by atoms with van der Waals surface area (Å²) in [6, 6.07) is -1.06. The van der Waals surface area contributed by atoms with Crippen LogP contribution in [-0.2, 0) is 20.9 Å². The van der Waals surface area contributed by atoms with E-state index in [-0.39, 0.29) is 0 Å². The molecular formula is C20H26F3N5O6. The highest BCUT2D eigenvalue weighted by Gasteiger charge is 2.44. The average molecular weight is 489 g/mol. The van der Waals surface area contributed by atoms with Crippen molar-refractivity contribution in [3.63, 3.8) is 0 Å². The van der Waals surface area contributed by atoms with Crippen molar-refractivity contribution in [1.29, 1.82) is 0 Å². The van der Waals surface area contributed by atoms with Gasteiger partial charge in [-0.05, 0) is 18.2 Å². The maximum atomic E-state index is 14.0. The first-order valence-electron chi connectivity index (χ1n) is 9.96. The highest BCUT2D eigenvalue weighted by Crippen LogP contribution is 2.26. The molecule has 0 aromatic heterocycles. The monoisotopic (exact) mass is 489 g/mol. The summed E-state index contributed by atoms with van der Waals surface area (Å²) >= 11 is 0. The van der Waals surface area contributed by atoms with Crippen molar-refractivity contribution < 1.29 is 42.8 Å². The van der Waals surface area contributed by atoms with E-state index < -0.39 is 90.1 Å². The molecule has 2 rings (SSSR count). The third kappa shape index (κ3) is 6.15. The number of amides is 2. The van der Waals surface area contributed by atoms with Gasteiger partial charge in [-0.2, -0.15) is 0 Å². The molecule has 8 N–H and O–H groups in total. The summed E-state index contributed by atoms with van der Waals surface area (Å²) in [5, 5.41) is 32.0. The zero-order chi connectivity index (χ0) is 25.7. The van der Waals surface area contributed by atoms with Crippen LogP contribution in [0.25, 0.3) is 0 Å². The summed E-state index contributed by atoms with van der Waals surface area (Å²) in [4.78, 5) is 29.4. The Kier molecular flexibility index (Phi) is 8.84. The van der Waals surface area contributed by atoms with Crippen molar-refractivity contribution in [3.8, 4) is 0 Å². The summed E-state index contributed by atoms with van der Waals surface area (Å²) in [5.74, 6) is -6.35. The fourth-order valence-electron chi connectivity index (χ4n) is 3.35. The van der Waals surface area contributed by atoms with Gasteiger partial charge in [0.2, 0.25) is 5.91 Å². The van der Waals surface area contributed by atoms with Crippen molar-refractivity contribution in [3.05, 3.63) is 47.0 Å². The first-order chi connectivity index (χ1) is 15.9. The fourth-order valence-corrected chi connectivity index (χ4v) is 3.35. The van der Waals surface area contributed by atoms with Crippen molar-refractivity contribution in [2.45, 2.75) is 43.9 Å². The van der Waals surface area contributed by atoms with Crippen molar-refractivity contribution >= 4 is 17.8 Å². The van der Waals surface area contributed by atoms with Gasteiger partial charge in [0.05, 0.1) is 25.2 Å². The third-order valence-corrected chi connectivity index (χ3v) is 4.98. The number of aliphatic hydroxyl groups is 3. The first kappa shape index (κ1) is 26.9. The second-order valence-electron chi connectivity index (χ2n) is 7.61. The lowest BCUT2D eigenvalue weighted by Gasteiger charge is -2.39. The van der Waals surface area contributed by atoms with Gasteiger partial charge in [-0.3, -0.25) is 9.59 Å². The Labute approximate surface area is 192 Å². The molecule has 2 amide bonds. The maximum absolute atomic E-state index is 14.0. The topological polar surface area (TPSA) is 184 Å². The van der Waals surface area contributed by atoms with Crippen LogP contribution >= 0.6 is 0 Å². The largest absolute Gasteiger partial charge is 0.480 e. The Bertz CT molecular complexity index is 988. The molecular weight excluding hydrogens is 463 g/mol. The molecule has 0 unspecified atom stereocenters. The number of nitrogens with one attached hydrogen (secondary N) is 1. The van der Waals surface area contributed by atoms with Crippen molar-refractivity contribution in [1.82, 2.24) is 10.2 Å². The van der Waals surface area contributed by atoms with Crippen LogP contribution in [0.3, 0.4) is 0 Å². The zero-order valence-corrected chi connectivity index (χ0v) is 18.3. The molecule has 1 aromatic carbocycles. The molecule has 34 heavy (non-hydrogen) atoms. The average Bonchev–Trinajstić information content (AvgIpc) is 2.77. The molecule has 5 atom stereocenters. The van der Waals surface area contributed by atoms with E-state index in [0.717, 1.165) is 24.9 Å². The number of ether oxygens (including phenoxy) is 1. The number of nitrogens with two attached hydrogens (primary N) is 2. The van der Waals surface area contributed by atoms with Gasteiger partial charge in [0.1, 0.15) is 24.1 Å². The number of hydrogen-bond acceptors (Lipinski definition) is 7. The number of aliphatic hydroxyl groups excluding tert-OH is 3. The number of aliphatic imine (C=N–C) groups is 1. The molecule has 0 saturated heterocycles. The molecule has 0 fully saturated rings. The Balaban J connectivity index is 2.44. The lowest BCUT2D eigenvalue weighted by atomic mass is 9.92. The van der Waals surface area contributed by atoms with Crippen LogP contribution < -0.4 is 16.8 Å². The van der Waals surface area contributed by atoms with Gasteiger partial charge >= 0.3 is 0 Å². The van der Waals surface area contributed by atoms with E-state index in [2.05, 4.69) is 10.3 Å².